The Balaban J connectivity index is 1.87. The third-order valence-electron chi connectivity index (χ3n) is 5.10. The molecule has 22 heavy (non-hydrogen) atoms. The Morgan fingerprint density at radius 2 is 2.18 bits per heavy atom. The summed E-state index contributed by atoms with van der Waals surface area (Å²) in [6.45, 7) is 0.640. The topological polar surface area (TPSA) is 49.8 Å². The van der Waals surface area contributed by atoms with Gasteiger partial charge in [-0.2, -0.15) is 0 Å². The average Bonchev–Trinajstić information content (AvgIpc) is 2.87. The molecule has 0 aromatic heterocycles. The molecular weight excluding hydrogens is 346 g/mol. The van der Waals surface area contributed by atoms with E-state index in [-0.39, 0.29) is 6.04 Å². The maximum Gasteiger partial charge on any atom is 0.320 e. The third kappa shape index (κ3) is 3.01. The largest absolute Gasteiger partial charge is 0.496 e. The lowest BCUT2D eigenvalue weighted by atomic mass is 9.84. The molecule has 1 aromatic rings. The van der Waals surface area contributed by atoms with E-state index >= 15 is 0 Å². The molecule has 1 heterocycles. The number of likely N-dealkylation sites (tertiary alicyclic amines) is 1. The van der Waals surface area contributed by atoms with Crippen molar-refractivity contribution in [3.05, 3.63) is 28.2 Å². The van der Waals surface area contributed by atoms with Gasteiger partial charge in [0, 0.05) is 22.6 Å². The summed E-state index contributed by atoms with van der Waals surface area (Å²) in [4.78, 5) is 13.9. The summed E-state index contributed by atoms with van der Waals surface area (Å²) in [5, 5.41) is 9.61. The van der Waals surface area contributed by atoms with Gasteiger partial charge in [-0.3, -0.25) is 9.69 Å². The Kier molecular flexibility index (Phi) is 4.73. The molecule has 1 aliphatic heterocycles. The van der Waals surface area contributed by atoms with Crippen molar-refractivity contribution in [1.82, 2.24) is 4.90 Å². The van der Waals surface area contributed by atoms with Gasteiger partial charge in [0.2, 0.25) is 0 Å². The van der Waals surface area contributed by atoms with Crippen LogP contribution >= 0.6 is 15.9 Å². The molecule has 1 saturated heterocycles. The highest BCUT2D eigenvalue weighted by molar-refractivity contribution is 9.10. The molecule has 1 aromatic carbocycles. The normalized spacial score (nSPS) is 28.4. The van der Waals surface area contributed by atoms with Crippen LogP contribution in [0.15, 0.2) is 22.7 Å². The fourth-order valence-electron chi connectivity index (χ4n) is 4.09. The van der Waals surface area contributed by atoms with Crippen LogP contribution < -0.4 is 4.74 Å². The molecule has 2 fully saturated rings. The Labute approximate surface area is 139 Å². The number of fused-ring (bicyclic) bond motifs is 1. The quantitative estimate of drug-likeness (QED) is 0.881. The summed E-state index contributed by atoms with van der Waals surface area (Å²) < 4.78 is 6.44. The van der Waals surface area contributed by atoms with Crippen molar-refractivity contribution in [2.75, 3.05) is 7.11 Å². The molecule has 4 nitrogen and oxygen atoms in total. The first kappa shape index (κ1) is 15.8. The number of methoxy groups -OCH3 is 1. The van der Waals surface area contributed by atoms with Crippen LogP contribution in [0.2, 0.25) is 0 Å². The van der Waals surface area contributed by atoms with Gasteiger partial charge in [-0.05, 0) is 43.4 Å². The molecule has 1 aliphatic carbocycles. The van der Waals surface area contributed by atoms with E-state index in [1.165, 1.54) is 19.3 Å². The van der Waals surface area contributed by atoms with Crippen molar-refractivity contribution in [3.8, 4) is 5.75 Å². The molecular formula is C17H22BrNO3. The zero-order valence-electron chi connectivity index (χ0n) is 12.8. The Hall–Kier alpha value is -1.07. The van der Waals surface area contributed by atoms with Crippen LogP contribution in [0, 0.1) is 5.92 Å². The Morgan fingerprint density at radius 1 is 1.41 bits per heavy atom. The summed E-state index contributed by atoms with van der Waals surface area (Å²) in [6, 6.07) is 5.96. The predicted octanol–water partition coefficient (Wildman–Crippen LogP) is 3.68. The van der Waals surface area contributed by atoms with Crippen LogP contribution in [0.1, 0.15) is 37.7 Å². The van der Waals surface area contributed by atoms with Crippen molar-refractivity contribution in [1.29, 1.82) is 0 Å². The van der Waals surface area contributed by atoms with Crippen molar-refractivity contribution in [3.63, 3.8) is 0 Å². The Bertz CT molecular complexity index is 563. The van der Waals surface area contributed by atoms with Crippen LogP contribution in [0.4, 0.5) is 0 Å². The monoisotopic (exact) mass is 367 g/mol. The van der Waals surface area contributed by atoms with Gasteiger partial charge in [0.25, 0.3) is 0 Å². The molecule has 0 spiro atoms. The number of rotatable bonds is 4. The van der Waals surface area contributed by atoms with Gasteiger partial charge in [0.15, 0.2) is 0 Å². The van der Waals surface area contributed by atoms with Gasteiger partial charge >= 0.3 is 5.97 Å². The zero-order valence-corrected chi connectivity index (χ0v) is 14.4. The number of carbonyl (C=O) groups is 1. The first-order chi connectivity index (χ1) is 10.6. The van der Waals surface area contributed by atoms with Gasteiger partial charge in [-0.15, -0.1) is 0 Å². The van der Waals surface area contributed by atoms with Crippen molar-refractivity contribution in [2.24, 2.45) is 5.92 Å². The molecule has 1 saturated carbocycles. The fourth-order valence-corrected chi connectivity index (χ4v) is 4.50. The lowest BCUT2D eigenvalue weighted by molar-refractivity contribution is -0.142. The summed E-state index contributed by atoms with van der Waals surface area (Å²) in [5.74, 6) is 0.669. The van der Waals surface area contributed by atoms with Crippen LogP contribution in [-0.2, 0) is 11.3 Å². The zero-order chi connectivity index (χ0) is 15.7. The third-order valence-corrected chi connectivity index (χ3v) is 5.59. The SMILES string of the molecule is COc1ccc(Br)cc1CN1[C@@H]2CCCC[C@H]2C[C@H]1C(=O)O. The van der Waals surface area contributed by atoms with Crippen LogP contribution in [0.25, 0.3) is 0 Å². The first-order valence-corrected chi connectivity index (χ1v) is 8.70. The molecule has 2 aliphatic rings. The highest BCUT2D eigenvalue weighted by Crippen LogP contribution is 2.41. The molecule has 120 valence electrons. The number of benzene rings is 1. The van der Waals surface area contributed by atoms with E-state index in [2.05, 4.69) is 20.8 Å². The van der Waals surface area contributed by atoms with E-state index in [1.54, 1.807) is 7.11 Å². The fraction of sp³-hybridized carbons (Fsp3) is 0.588. The second-order valence-corrected chi connectivity index (χ2v) is 7.25. The van der Waals surface area contributed by atoms with Gasteiger partial charge in [0.1, 0.15) is 11.8 Å². The minimum atomic E-state index is -0.691. The first-order valence-electron chi connectivity index (χ1n) is 7.91. The molecule has 0 bridgehead atoms. The number of ether oxygens (including phenoxy) is 1. The lowest BCUT2D eigenvalue weighted by Crippen LogP contribution is -2.41. The second-order valence-electron chi connectivity index (χ2n) is 6.33. The van der Waals surface area contributed by atoms with Gasteiger partial charge in [0.05, 0.1) is 7.11 Å². The maximum absolute atomic E-state index is 11.7. The molecule has 0 amide bonds. The molecule has 5 heteroatoms. The highest BCUT2D eigenvalue weighted by atomic mass is 79.9. The summed E-state index contributed by atoms with van der Waals surface area (Å²) in [6.07, 6.45) is 5.52. The summed E-state index contributed by atoms with van der Waals surface area (Å²) >= 11 is 3.50. The van der Waals surface area contributed by atoms with E-state index in [4.69, 9.17) is 4.74 Å². The minimum absolute atomic E-state index is 0.364. The van der Waals surface area contributed by atoms with E-state index in [0.29, 0.717) is 18.5 Å². The predicted molar refractivity (Wildman–Crippen MR) is 88.0 cm³/mol. The van der Waals surface area contributed by atoms with Gasteiger partial charge in [-0.1, -0.05) is 28.8 Å². The molecule has 3 rings (SSSR count). The number of carboxylic acid groups (broad SMARTS) is 1. The number of carboxylic acids is 1. The number of hydrogen-bond acceptors (Lipinski definition) is 3. The molecule has 3 atom stereocenters. The van der Waals surface area contributed by atoms with Crippen LogP contribution in [-0.4, -0.2) is 35.2 Å². The lowest BCUT2D eigenvalue weighted by Gasteiger charge is -2.33. The summed E-state index contributed by atoms with van der Waals surface area (Å²) in [7, 11) is 1.66. The minimum Gasteiger partial charge on any atom is -0.496 e. The molecule has 0 radical (unpaired) electrons. The summed E-state index contributed by atoms with van der Waals surface area (Å²) in [5.41, 5.74) is 1.05. The van der Waals surface area contributed by atoms with Crippen LogP contribution in [0.5, 0.6) is 5.75 Å². The highest BCUT2D eigenvalue weighted by Gasteiger charge is 2.45. The maximum atomic E-state index is 11.7. The smallest absolute Gasteiger partial charge is 0.320 e. The standard InChI is InChI=1S/C17H22BrNO3/c1-22-16-7-6-13(18)8-12(16)10-19-14-5-3-2-4-11(14)9-15(19)17(20)21/h6-8,11,14-15H,2-5,9-10H2,1H3,(H,20,21)/t11-,14+,15-/m0/s1. The van der Waals surface area contributed by atoms with E-state index in [0.717, 1.165) is 28.6 Å². The van der Waals surface area contributed by atoms with Crippen molar-refractivity contribution < 1.29 is 14.6 Å². The van der Waals surface area contributed by atoms with E-state index < -0.39 is 5.97 Å². The number of nitrogens with zero attached hydrogens (tertiary/aromatic N) is 1. The Morgan fingerprint density at radius 3 is 2.91 bits per heavy atom. The van der Waals surface area contributed by atoms with Gasteiger partial charge in [-0.25, -0.2) is 0 Å². The van der Waals surface area contributed by atoms with Crippen LogP contribution in [0.3, 0.4) is 0 Å². The number of halogens is 1. The van der Waals surface area contributed by atoms with Crippen molar-refractivity contribution >= 4 is 21.9 Å². The molecule has 0 unspecified atom stereocenters. The molecule has 1 N–H and O–H groups in total. The van der Waals surface area contributed by atoms with E-state index in [1.807, 2.05) is 18.2 Å². The second kappa shape index (κ2) is 6.59. The van der Waals surface area contributed by atoms with E-state index in [9.17, 15) is 9.90 Å². The van der Waals surface area contributed by atoms with Gasteiger partial charge < -0.3 is 9.84 Å². The number of hydrogen-bond donors (Lipinski definition) is 1. The average molecular weight is 368 g/mol. The number of aliphatic carboxylic acids is 1. The van der Waals surface area contributed by atoms with Crippen molar-refractivity contribution in [2.45, 2.75) is 50.7 Å².